The van der Waals surface area contributed by atoms with Crippen LogP contribution in [0.4, 0.5) is 0 Å². The van der Waals surface area contributed by atoms with Gasteiger partial charge in [-0.25, -0.2) is 0 Å². The number of aryl methyl sites for hydroxylation is 2. The van der Waals surface area contributed by atoms with E-state index in [1.54, 1.807) is 17.9 Å². The number of rotatable bonds is 2. The number of carbonyl (C=O) groups is 2. The van der Waals surface area contributed by atoms with Gasteiger partial charge in [-0.1, -0.05) is 23.8 Å². The summed E-state index contributed by atoms with van der Waals surface area (Å²) in [5.41, 5.74) is 3.46. The highest BCUT2D eigenvalue weighted by Crippen LogP contribution is 2.13. The van der Waals surface area contributed by atoms with Crippen LogP contribution in [0.2, 0.25) is 0 Å². The van der Waals surface area contributed by atoms with Crippen molar-refractivity contribution >= 4 is 17.9 Å². The highest BCUT2D eigenvalue weighted by molar-refractivity contribution is 5.92. The number of benzene rings is 1. The van der Waals surface area contributed by atoms with Crippen molar-refractivity contribution in [3.63, 3.8) is 0 Å². The molecule has 4 nitrogen and oxygen atoms in total. The lowest BCUT2D eigenvalue weighted by Crippen LogP contribution is -2.35. The molecule has 1 saturated heterocycles. The fourth-order valence-corrected chi connectivity index (χ4v) is 2.73. The van der Waals surface area contributed by atoms with Gasteiger partial charge in [0.2, 0.25) is 11.8 Å². The molecule has 1 aromatic rings. The second-order valence-electron chi connectivity index (χ2n) is 5.88. The third kappa shape index (κ3) is 4.20. The molecule has 0 N–H and O–H groups in total. The number of nitrogens with zero attached hydrogens (tertiary/aromatic N) is 2. The quantitative estimate of drug-likeness (QED) is 0.787. The molecule has 1 aliphatic heterocycles. The van der Waals surface area contributed by atoms with E-state index in [1.807, 2.05) is 30.0 Å². The summed E-state index contributed by atoms with van der Waals surface area (Å²) in [6.07, 6.45) is 4.36. The summed E-state index contributed by atoms with van der Waals surface area (Å²) >= 11 is 0. The van der Waals surface area contributed by atoms with Gasteiger partial charge < -0.3 is 9.80 Å². The van der Waals surface area contributed by atoms with Crippen LogP contribution >= 0.6 is 0 Å². The molecule has 0 atom stereocenters. The van der Waals surface area contributed by atoms with Crippen LogP contribution in [0.1, 0.15) is 30.0 Å². The van der Waals surface area contributed by atoms with Crippen LogP contribution in [-0.4, -0.2) is 47.8 Å². The summed E-state index contributed by atoms with van der Waals surface area (Å²) in [5, 5.41) is 0. The Balaban J connectivity index is 1.99. The predicted octanol–water partition coefficient (Wildman–Crippen LogP) is 2.40. The highest BCUT2D eigenvalue weighted by Gasteiger charge is 2.18. The van der Waals surface area contributed by atoms with Crippen LogP contribution in [0.3, 0.4) is 0 Å². The first-order valence-electron chi connectivity index (χ1n) is 7.77. The number of hydrogen-bond acceptors (Lipinski definition) is 2. The molecule has 2 amide bonds. The number of amides is 2. The lowest BCUT2D eigenvalue weighted by Gasteiger charge is -2.20. The SMILES string of the molecule is CC(=O)N1CCCN(C(=O)/C=C/c2ccc(C)cc2C)CC1. The van der Waals surface area contributed by atoms with E-state index in [0.29, 0.717) is 19.6 Å². The molecule has 0 aliphatic carbocycles. The van der Waals surface area contributed by atoms with Gasteiger partial charge in [-0.2, -0.15) is 0 Å². The van der Waals surface area contributed by atoms with E-state index >= 15 is 0 Å². The first-order chi connectivity index (χ1) is 10.5. The molecule has 0 spiro atoms. The number of carbonyl (C=O) groups excluding carboxylic acids is 2. The van der Waals surface area contributed by atoms with Crippen LogP contribution in [0.5, 0.6) is 0 Å². The third-order valence-corrected chi connectivity index (χ3v) is 4.08. The Bertz CT molecular complexity index is 593. The maximum absolute atomic E-state index is 12.3. The zero-order chi connectivity index (χ0) is 16.1. The van der Waals surface area contributed by atoms with E-state index in [2.05, 4.69) is 13.0 Å². The molecule has 0 aromatic heterocycles. The van der Waals surface area contributed by atoms with Crippen LogP contribution in [0.25, 0.3) is 6.08 Å². The van der Waals surface area contributed by atoms with Gasteiger partial charge in [0.1, 0.15) is 0 Å². The van der Waals surface area contributed by atoms with Gasteiger partial charge in [-0.05, 0) is 37.5 Å². The lowest BCUT2D eigenvalue weighted by atomic mass is 10.1. The smallest absolute Gasteiger partial charge is 0.246 e. The standard InChI is InChI=1S/C18H24N2O2/c1-14-5-6-17(15(2)13-14)7-8-18(22)20-10-4-9-19(11-12-20)16(3)21/h5-8,13H,4,9-12H2,1-3H3/b8-7+. The fourth-order valence-electron chi connectivity index (χ4n) is 2.73. The third-order valence-electron chi connectivity index (χ3n) is 4.08. The summed E-state index contributed by atoms with van der Waals surface area (Å²) in [6.45, 7) is 8.36. The molecule has 1 aliphatic rings. The van der Waals surface area contributed by atoms with Gasteiger partial charge in [-0.3, -0.25) is 9.59 Å². The van der Waals surface area contributed by atoms with E-state index < -0.39 is 0 Å². The van der Waals surface area contributed by atoms with Crippen molar-refractivity contribution in [3.8, 4) is 0 Å². The van der Waals surface area contributed by atoms with Crippen molar-refractivity contribution < 1.29 is 9.59 Å². The Morgan fingerprint density at radius 2 is 1.73 bits per heavy atom. The molecule has 0 saturated carbocycles. The van der Waals surface area contributed by atoms with Gasteiger partial charge in [-0.15, -0.1) is 0 Å². The first kappa shape index (κ1) is 16.3. The zero-order valence-corrected chi connectivity index (χ0v) is 13.6. The molecule has 22 heavy (non-hydrogen) atoms. The second kappa shape index (κ2) is 7.25. The second-order valence-corrected chi connectivity index (χ2v) is 5.88. The van der Waals surface area contributed by atoms with E-state index in [-0.39, 0.29) is 11.8 Å². The Morgan fingerprint density at radius 3 is 2.41 bits per heavy atom. The summed E-state index contributed by atoms with van der Waals surface area (Å²) in [4.78, 5) is 27.4. The molecule has 1 heterocycles. The molecule has 118 valence electrons. The Labute approximate surface area is 132 Å². The molecule has 0 bridgehead atoms. The normalized spacial score (nSPS) is 16.0. The van der Waals surface area contributed by atoms with E-state index in [4.69, 9.17) is 0 Å². The predicted molar refractivity (Wildman–Crippen MR) is 88.4 cm³/mol. The van der Waals surface area contributed by atoms with Crippen LogP contribution in [-0.2, 0) is 9.59 Å². The minimum Gasteiger partial charge on any atom is -0.341 e. The van der Waals surface area contributed by atoms with Gasteiger partial charge >= 0.3 is 0 Å². The maximum atomic E-state index is 12.3. The monoisotopic (exact) mass is 300 g/mol. The zero-order valence-electron chi connectivity index (χ0n) is 13.6. The summed E-state index contributed by atoms with van der Waals surface area (Å²) in [6, 6.07) is 6.20. The van der Waals surface area contributed by atoms with Crippen molar-refractivity contribution in [2.75, 3.05) is 26.2 Å². The molecule has 2 rings (SSSR count). The van der Waals surface area contributed by atoms with Gasteiger partial charge in [0.15, 0.2) is 0 Å². The Kier molecular flexibility index (Phi) is 5.36. The van der Waals surface area contributed by atoms with E-state index in [0.717, 1.165) is 18.5 Å². The van der Waals surface area contributed by atoms with Crippen molar-refractivity contribution in [3.05, 3.63) is 41.0 Å². The molecule has 0 unspecified atom stereocenters. The first-order valence-corrected chi connectivity index (χ1v) is 7.77. The van der Waals surface area contributed by atoms with Crippen molar-refractivity contribution in [1.82, 2.24) is 9.80 Å². The largest absolute Gasteiger partial charge is 0.341 e. The van der Waals surface area contributed by atoms with Crippen molar-refractivity contribution in [2.24, 2.45) is 0 Å². The maximum Gasteiger partial charge on any atom is 0.246 e. The van der Waals surface area contributed by atoms with Crippen molar-refractivity contribution in [2.45, 2.75) is 27.2 Å². The molecular formula is C18H24N2O2. The molecule has 4 heteroatoms. The lowest BCUT2D eigenvalue weighted by molar-refractivity contribution is -0.130. The van der Waals surface area contributed by atoms with Crippen LogP contribution in [0.15, 0.2) is 24.3 Å². The van der Waals surface area contributed by atoms with Gasteiger partial charge in [0.05, 0.1) is 0 Å². The summed E-state index contributed by atoms with van der Waals surface area (Å²) < 4.78 is 0. The molecule has 1 aromatic carbocycles. The van der Waals surface area contributed by atoms with E-state index in [1.165, 1.54) is 11.1 Å². The van der Waals surface area contributed by atoms with Crippen molar-refractivity contribution in [1.29, 1.82) is 0 Å². The summed E-state index contributed by atoms with van der Waals surface area (Å²) in [5.74, 6) is 0.102. The van der Waals surface area contributed by atoms with Gasteiger partial charge in [0, 0.05) is 39.2 Å². The Hall–Kier alpha value is -2.10. The van der Waals surface area contributed by atoms with Crippen LogP contribution in [0, 0.1) is 13.8 Å². The molecular weight excluding hydrogens is 276 g/mol. The topological polar surface area (TPSA) is 40.6 Å². The molecule has 1 fully saturated rings. The average Bonchev–Trinajstić information content (AvgIpc) is 2.72. The average molecular weight is 300 g/mol. The van der Waals surface area contributed by atoms with Crippen LogP contribution < -0.4 is 0 Å². The number of hydrogen-bond donors (Lipinski definition) is 0. The van der Waals surface area contributed by atoms with E-state index in [9.17, 15) is 9.59 Å². The Morgan fingerprint density at radius 1 is 1.05 bits per heavy atom. The highest BCUT2D eigenvalue weighted by atomic mass is 16.2. The minimum atomic E-state index is 0.0189. The summed E-state index contributed by atoms with van der Waals surface area (Å²) in [7, 11) is 0. The molecule has 0 radical (unpaired) electrons. The minimum absolute atomic E-state index is 0.0189. The van der Waals surface area contributed by atoms with Gasteiger partial charge in [0.25, 0.3) is 0 Å². The fraction of sp³-hybridized carbons (Fsp3) is 0.444.